The molecule has 8 heteroatoms. The molecule has 1 heterocycles. The van der Waals surface area contributed by atoms with Gasteiger partial charge in [0.05, 0.1) is 18.2 Å². The highest BCUT2D eigenvalue weighted by Crippen LogP contribution is 2.27. The molecule has 8 nitrogen and oxygen atoms in total. The molecule has 0 fully saturated rings. The number of hydrogen-bond donors (Lipinski definition) is 0. The Morgan fingerprint density at radius 2 is 1.93 bits per heavy atom. The van der Waals surface area contributed by atoms with E-state index in [1.165, 1.54) is 19.2 Å². The molecule has 2 aromatic carbocycles. The number of carbonyl (C=O) groups is 1. The molecule has 28 heavy (non-hydrogen) atoms. The Morgan fingerprint density at radius 3 is 2.64 bits per heavy atom. The van der Waals surface area contributed by atoms with E-state index in [1.807, 2.05) is 0 Å². The molecule has 142 valence electrons. The Hall–Kier alpha value is -3.94. The zero-order valence-corrected chi connectivity index (χ0v) is 14.9. The van der Waals surface area contributed by atoms with Crippen LogP contribution in [0.4, 0.5) is 5.69 Å². The Morgan fingerprint density at radius 1 is 1.11 bits per heavy atom. The molecule has 0 unspecified atom stereocenters. The van der Waals surface area contributed by atoms with Crippen LogP contribution in [0.3, 0.4) is 0 Å². The smallest absolute Gasteiger partial charge is 0.342 e. The highest BCUT2D eigenvalue weighted by Gasteiger charge is 2.19. The second-order valence-electron chi connectivity index (χ2n) is 5.62. The van der Waals surface area contributed by atoms with Crippen LogP contribution < -0.4 is 9.47 Å². The number of para-hydroxylation sites is 1. The molecule has 3 rings (SSSR count). The number of rotatable bonds is 7. The molecular formula is C20H16N2O6. The maximum absolute atomic E-state index is 12.5. The molecule has 0 bridgehead atoms. The van der Waals surface area contributed by atoms with Crippen molar-refractivity contribution < 1.29 is 23.9 Å². The zero-order valence-electron chi connectivity index (χ0n) is 14.9. The van der Waals surface area contributed by atoms with E-state index >= 15 is 0 Å². The highest BCUT2D eigenvalue weighted by molar-refractivity contribution is 5.93. The lowest BCUT2D eigenvalue weighted by Gasteiger charge is -2.12. The van der Waals surface area contributed by atoms with E-state index in [1.54, 1.807) is 48.8 Å². The van der Waals surface area contributed by atoms with Crippen LogP contribution in [-0.2, 0) is 11.3 Å². The van der Waals surface area contributed by atoms with Crippen molar-refractivity contribution in [3.05, 3.63) is 88.2 Å². The van der Waals surface area contributed by atoms with E-state index in [0.717, 1.165) is 6.07 Å². The van der Waals surface area contributed by atoms with Crippen LogP contribution in [0, 0.1) is 10.1 Å². The number of esters is 1. The van der Waals surface area contributed by atoms with Gasteiger partial charge in [0.2, 0.25) is 0 Å². The van der Waals surface area contributed by atoms with Gasteiger partial charge in [-0.15, -0.1) is 0 Å². The minimum atomic E-state index is -0.739. The molecule has 0 amide bonds. The van der Waals surface area contributed by atoms with Gasteiger partial charge < -0.3 is 14.2 Å². The molecule has 0 aliphatic heterocycles. The Kier molecular flexibility index (Phi) is 5.81. The number of carbonyl (C=O) groups excluding carboxylic acids is 1. The summed E-state index contributed by atoms with van der Waals surface area (Å²) < 4.78 is 16.2. The average Bonchev–Trinajstić information content (AvgIpc) is 2.73. The fraction of sp³-hybridized carbons (Fsp3) is 0.100. The summed E-state index contributed by atoms with van der Waals surface area (Å²) in [5.41, 5.74) is 0.375. The summed E-state index contributed by atoms with van der Waals surface area (Å²) in [5.74, 6) is 0.503. The molecule has 0 saturated carbocycles. The average molecular weight is 380 g/mol. The largest absolute Gasteiger partial charge is 0.496 e. The number of methoxy groups -OCH3 is 1. The minimum absolute atomic E-state index is 0.0256. The standard InChI is InChI=1S/C20H16N2O6/c1-26-19-9-8-15(22(24)25)11-17(19)20(23)27-13-14-5-2-3-7-18(14)28-16-6-4-10-21-12-16/h2-12H,13H2,1H3. The van der Waals surface area contributed by atoms with Crippen LogP contribution in [0.15, 0.2) is 67.0 Å². The summed E-state index contributed by atoms with van der Waals surface area (Å²) in [7, 11) is 1.37. The van der Waals surface area contributed by atoms with E-state index in [9.17, 15) is 14.9 Å². The van der Waals surface area contributed by atoms with Crippen molar-refractivity contribution in [2.24, 2.45) is 0 Å². The number of nitro benzene ring substituents is 1. The Labute approximate surface area is 160 Å². The van der Waals surface area contributed by atoms with Crippen molar-refractivity contribution in [2.75, 3.05) is 7.11 Å². The van der Waals surface area contributed by atoms with Gasteiger partial charge in [-0.2, -0.15) is 0 Å². The third-order valence-corrected chi connectivity index (χ3v) is 3.81. The summed E-state index contributed by atoms with van der Waals surface area (Å²) >= 11 is 0. The van der Waals surface area contributed by atoms with E-state index < -0.39 is 10.9 Å². The van der Waals surface area contributed by atoms with E-state index in [0.29, 0.717) is 17.1 Å². The number of aromatic nitrogens is 1. The molecule has 0 radical (unpaired) electrons. The topological polar surface area (TPSA) is 101 Å². The quantitative estimate of drug-likeness (QED) is 0.345. The maximum atomic E-state index is 12.5. The van der Waals surface area contributed by atoms with Crippen LogP contribution in [0.2, 0.25) is 0 Å². The minimum Gasteiger partial charge on any atom is -0.496 e. The van der Waals surface area contributed by atoms with Crippen molar-refractivity contribution >= 4 is 11.7 Å². The predicted octanol–water partition coefficient (Wildman–Crippen LogP) is 4.15. The Balaban J connectivity index is 1.77. The lowest BCUT2D eigenvalue weighted by atomic mass is 10.1. The summed E-state index contributed by atoms with van der Waals surface area (Å²) in [6, 6.07) is 14.3. The van der Waals surface area contributed by atoms with Crippen molar-refractivity contribution in [3.8, 4) is 17.2 Å². The second-order valence-corrected chi connectivity index (χ2v) is 5.62. The number of benzene rings is 2. The molecule has 0 aliphatic carbocycles. The van der Waals surface area contributed by atoms with Gasteiger partial charge in [-0.05, 0) is 24.3 Å². The third-order valence-electron chi connectivity index (χ3n) is 3.81. The van der Waals surface area contributed by atoms with Crippen LogP contribution in [0.5, 0.6) is 17.2 Å². The van der Waals surface area contributed by atoms with Crippen molar-refractivity contribution in [1.29, 1.82) is 0 Å². The fourth-order valence-electron chi connectivity index (χ4n) is 2.45. The van der Waals surface area contributed by atoms with E-state index in [4.69, 9.17) is 14.2 Å². The first-order chi connectivity index (χ1) is 13.6. The van der Waals surface area contributed by atoms with Crippen molar-refractivity contribution in [1.82, 2.24) is 4.98 Å². The van der Waals surface area contributed by atoms with Crippen molar-refractivity contribution in [3.63, 3.8) is 0 Å². The van der Waals surface area contributed by atoms with Gasteiger partial charge in [0.25, 0.3) is 5.69 Å². The van der Waals surface area contributed by atoms with Gasteiger partial charge in [-0.25, -0.2) is 4.79 Å². The number of nitro groups is 1. The number of hydrogen-bond acceptors (Lipinski definition) is 7. The number of nitrogens with zero attached hydrogens (tertiary/aromatic N) is 2. The first-order valence-corrected chi connectivity index (χ1v) is 8.24. The normalized spacial score (nSPS) is 10.2. The molecule has 0 aliphatic rings. The SMILES string of the molecule is COc1ccc([N+](=O)[O-])cc1C(=O)OCc1ccccc1Oc1cccnc1. The summed E-state index contributed by atoms with van der Waals surface area (Å²) in [6.45, 7) is -0.0822. The summed E-state index contributed by atoms with van der Waals surface area (Å²) in [6.07, 6.45) is 3.20. The van der Waals surface area contributed by atoms with Gasteiger partial charge in [-0.1, -0.05) is 18.2 Å². The molecule has 0 spiro atoms. The van der Waals surface area contributed by atoms with Crippen LogP contribution in [0.25, 0.3) is 0 Å². The molecule has 0 atom stereocenters. The highest BCUT2D eigenvalue weighted by atomic mass is 16.6. The van der Waals surface area contributed by atoms with Crippen LogP contribution in [-0.4, -0.2) is 23.0 Å². The fourth-order valence-corrected chi connectivity index (χ4v) is 2.45. The zero-order chi connectivity index (χ0) is 19.9. The van der Waals surface area contributed by atoms with Crippen molar-refractivity contribution in [2.45, 2.75) is 6.61 Å². The first kappa shape index (κ1) is 18.8. The first-order valence-electron chi connectivity index (χ1n) is 8.24. The van der Waals surface area contributed by atoms with E-state index in [-0.39, 0.29) is 23.6 Å². The lowest BCUT2D eigenvalue weighted by molar-refractivity contribution is -0.384. The Bertz CT molecular complexity index is 991. The molecule has 0 saturated heterocycles. The van der Waals surface area contributed by atoms with Gasteiger partial charge in [0.15, 0.2) is 0 Å². The molecule has 1 aromatic heterocycles. The molecule has 3 aromatic rings. The summed E-state index contributed by atoms with van der Waals surface area (Å²) in [5, 5.41) is 11.0. The maximum Gasteiger partial charge on any atom is 0.342 e. The number of pyridine rings is 1. The number of ether oxygens (including phenoxy) is 3. The van der Waals surface area contributed by atoms with Crippen LogP contribution in [0.1, 0.15) is 15.9 Å². The van der Waals surface area contributed by atoms with E-state index in [2.05, 4.69) is 4.98 Å². The molecular weight excluding hydrogens is 364 g/mol. The second kappa shape index (κ2) is 8.63. The predicted molar refractivity (Wildman–Crippen MR) is 99.5 cm³/mol. The third kappa shape index (κ3) is 4.42. The monoisotopic (exact) mass is 380 g/mol. The van der Waals surface area contributed by atoms with Crippen LogP contribution >= 0.6 is 0 Å². The van der Waals surface area contributed by atoms with Gasteiger partial charge in [0.1, 0.15) is 29.4 Å². The van der Waals surface area contributed by atoms with Gasteiger partial charge in [0, 0.05) is 23.9 Å². The molecule has 0 N–H and O–H groups in total. The summed E-state index contributed by atoms with van der Waals surface area (Å²) in [4.78, 5) is 26.8. The lowest BCUT2D eigenvalue weighted by Crippen LogP contribution is -2.08. The van der Waals surface area contributed by atoms with Gasteiger partial charge in [-0.3, -0.25) is 15.1 Å². The number of non-ortho nitro benzene ring substituents is 1. The van der Waals surface area contributed by atoms with Gasteiger partial charge >= 0.3 is 5.97 Å².